The van der Waals surface area contributed by atoms with E-state index in [1.54, 1.807) is 0 Å². The lowest BCUT2D eigenvalue weighted by Crippen LogP contribution is -2.36. The number of alkyl halides is 3. The molecule has 0 unspecified atom stereocenters. The lowest BCUT2D eigenvalue weighted by molar-refractivity contribution is -0.138. The molecule has 0 radical (unpaired) electrons. The highest BCUT2D eigenvalue weighted by Crippen LogP contribution is 2.29. The third kappa shape index (κ3) is 4.83. The number of primary sulfonamides is 1. The number of hydrogen-bond acceptors (Lipinski definition) is 3. The molecule has 0 saturated carbocycles. The lowest BCUT2D eigenvalue weighted by Gasteiger charge is -2.20. The molecular weight excluding hydrogens is 401 g/mol. The summed E-state index contributed by atoms with van der Waals surface area (Å²) < 4.78 is 59.5. The van der Waals surface area contributed by atoms with Crippen LogP contribution in [-0.4, -0.2) is 39.0 Å². The van der Waals surface area contributed by atoms with Crippen LogP contribution in [0, 0.1) is 0 Å². The van der Waals surface area contributed by atoms with E-state index < -0.39 is 39.1 Å². The van der Waals surface area contributed by atoms with Crippen LogP contribution in [0.4, 0.5) is 13.2 Å². The van der Waals surface area contributed by atoms with Gasteiger partial charge in [0.05, 0.1) is 15.5 Å². The largest absolute Gasteiger partial charge is 0.406 e. The molecule has 5 nitrogen and oxygen atoms in total. The Morgan fingerprint density at radius 2 is 1.95 bits per heavy atom. The zero-order chi connectivity index (χ0) is 16.6. The molecule has 1 rings (SSSR count). The van der Waals surface area contributed by atoms with Crippen LogP contribution in [0.15, 0.2) is 21.5 Å². The van der Waals surface area contributed by atoms with Gasteiger partial charge in [-0.1, -0.05) is 11.6 Å². The monoisotopic (exact) mass is 408 g/mol. The Kier molecular flexibility index (Phi) is 5.30. The molecule has 1 aromatic rings. The molecule has 0 fully saturated rings. The van der Waals surface area contributed by atoms with Crippen molar-refractivity contribution in [1.82, 2.24) is 4.90 Å². The standard InChI is InChI=1S/C10H9BrClF3N2O3S/c1-17(4-10(13,14)15)9(18)5-2-8(21(16,19)20)6(11)3-7(5)12/h2-3H,4H2,1H3,(H2,16,19,20). The van der Waals surface area contributed by atoms with Gasteiger partial charge in [-0.3, -0.25) is 4.79 Å². The predicted octanol–water partition coefficient (Wildman–Crippen LogP) is 2.38. The van der Waals surface area contributed by atoms with Crippen molar-refractivity contribution >= 4 is 43.5 Å². The Hall–Kier alpha value is -0.840. The Morgan fingerprint density at radius 3 is 2.38 bits per heavy atom. The van der Waals surface area contributed by atoms with E-state index in [1.165, 1.54) is 0 Å². The first kappa shape index (κ1) is 18.2. The van der Waals surface area contributed by atoms with Gasteiger partial charge < -0.3 is 4.90 Å². The second-order valence-electron chi connectivity index (χ2n) is 4.08. The van der Waals surface area contributed by atoms with Crippen LogP contribution in [0.5, 0.6) is 0 Å². The topological polar surface area (TPSA) is 80.5 Å². The molecule has 1 amide bonds. The van der Waals surface area contributed by atoms with Gasteiger partial charge in [-0.05, 0) is 28.1 Å². The summed E-state index contributed by atoms with van der Waals surface area (Å²) in [6.07, 6.45) is -4.59. The molecule has 1 aromatic carbocycles. The van der Waals surface area contributed by atoms with Crippen molar-refractivity contribution in [3.05, 3.63) is 27.2 Å². The molecule has 0 aliphatic carbocycles. The minimum atomic E-state index is -4.59. The summed E-state index contributed by atoms with van der Waals surface area (Å²) in [5.74, 6) is -1.07. The summed E-state index contributed by atoms with van der Waals surface area (Å²) in [5, 5.41) is 4.75. The van der Waals surface area contributed by atoms with E-state index in [-0.39, 0.29) is 9.50 Å². The van der Waals surface area contributed by atoms with Crippen LogP contribution in [0.3, 0.4) is 0 Å². The normalized spacial score (nSPS) is 12.3. The Labute approximate surface area is 132 Å². The summed E-state index contributed by atoms with van der Waals surface area (Å²) in [6, 6.07) is 1.91. The number of hydrogen-bond donors (Lipinski definition) is 1. The highest BCUT2D eigenvalue weighted by atomic mass is 79.9. The molecule has 0 aliphatic heterocycles. The van der Waals surface area contributed by atoms with E-state index in [0.29, 0.717) is 4.90 Å². The van der Waals surface area contributed by atoms with Crippen LogP contribution in [0.1, 0.15) is 10.4 Å². The van der Waals surface area contributed by atoms with Gasteiger partial charge in [-0.25, -0.2) is 13.6 Å². The summed E-state index contributed by atoms with van der Waals surface area (Å²) >= 11 is 8.67. The lowest BCUT2D eigenvalue weighted by atomic mass is 10.2. The molecule has 0 bridgehead atoms. The highest BCUT2D eigenvalue weighted by molar-refractivity contribution is 9.10. The molecule has 11 heteroatoms. The number of halogens is 5. The average molecular weight is 410 g/mol. The predicted molar refractivity (Wildman–Crippen MR) is 73.5 cm³/mol. The maximum atomic E-state index is 12.3. The zero-order valence-corrected chi connectivity index (χ0v) is 13.6. The molecule has 0 spiro atoms. The first-order valence-corrected chi connectivity index (χ1v) is 7.88. The van der Waals surface area contributed by atoms with Gasteiger partial charge >= 0.3 is 6.18 Å². The number of amides is 1. The van der Waals surface area contributed by atoms with Crippen molar-refractivity contribution in [2.45, 2.75) is 11.1 Å². The van der Waals surface area contributed by atoms with Crippen LogP contribution in [-0.2, 0) is 10.0 Å². The van der Waals surface area contributed by atoms with E-state index >= 15 is 0 Å². The summed E-state index contributed by atoms with van der Waals surface area (Å²) in [5.41, 5.74) is -0.393. The molecule has 0 aliphatic rings. The molecule has 0 atom stereocenters. The fraction of sp³-hybridized carbons (Fsp3) is 0.300. The van der Waals surface area contributed by atoms with Crippen molar-refractivity contribution in [3.8, 4) is 0 Å². The average Bonchev–Trinajstić information content (AvgIpc) is 2.23. The van der Waals surface area contributed by atoms with Gasteiger partial charge in [-0.15, -0.1) is 0 Å². The second kappa shape index (κ2) is 6.11. The SMILES string of the molecule is CN(CC(F)(F)F)C(=O)c1cc(S(N)(=O)=O)c(Br)cc1Cl. The third-order valence-electron chi connectivity index (χ3n) is 2.32. The van der Waals surface area contributed by atoms with Crippen molar-refractivity contribution in [2.75, 3.05) is 13.6 Å². The number of rotatable bonds is 3. The summed E-state index contributed by atoms with van der Waals surface area (Å²) in [6.45, 7) is -1.50. The van der Waals surface area contributed by atoms with Gasteiger partial charge in [0.15, 0.2) is 0 Å². The van der Waals surface area contributed by atoms with E-state index in [4.69, 9.17) is 16.7 Å². The Bertz CT molecular complexity index is 679. The van der Waals surface area contributed by atoms with Crippen LogP contribution < -0.4 is 5.14 Å². The number of benzene rings is 1. The maximum Gasteiger partial charge on any atom is 0.406 e. The third-order valence-corrected chi connectivity index (χ3v) is 4.50. The molecule has 0 aromatic heterocycles. The fourth-order valence-corrected chi connectivity index (χ4v) is 3.47. The van der Waals surface area contributed by atoms with E-state index in [2.05, 4.69) is 15.9 Å². The molecule has 0 saturated heterocycles. The fourth-order valence-electron chi connectivity index (χ4n) is 1.46. The first-order valence-electron chi connectivity index (χ1n) is 5.17. The Morgan fingerprint density at radius 1 is 1.43 bits per heavy atom. The number of nitrogens with two attached hydrogens (primary N) is 1. The molecule has 2 N–H and O–H groups in total. The molecular formula is C10H9BrClF3N2O3S. The van der Waals surface area contributed by atoms with Crippen molar-refractivity contribution in [2.24, 2.45) is 5.14 Å². The smallest absolute Gasteiger partial charge is 0.333 e. The summed E-state index contributed by atoms with van der Waals surface area (Å²) in [4.78, 5) is 11.9. The quantitative estimate of drug-likeness (QED) is 0.832. The van der Waals surface area contributed by atoms with E-state index in [0.717, 1.165) is 19.2 Å². The van der Waals surface area contributed by atoms with Gasteiger partial charge in [0.2, 0.25) is 10.0 Å². The van der Waals surface area contributed by atoms with Crippen molar-refractivity contribution in [3.63, 3.8) is 0 Å². The molecule has 0 heterocycles. The van der Waals surface area contributed by atoms with Gasteiger partial charge in [0.25, 0.3) is 5.91 Å². The number of sulfonamides is 1. The van der Waals surface area contributed by atoms with Gasteiger partial charge in [0.1, 0.15) is 6.54 Å². The van der Waals surface area contributed by atoms with Crippen molar-refractivity contribution in [1.29, 1.82) is 0 Å². The minimum absolute atomic E-state index is 0.00465. The second-order valence-corrected chi connectivity index (χ2v) is 6.88. The number of carbonyl (C=O) groups excluding carboxylic acids is 1. The maximum absolute atomic E-state index is 12.3. The number of nitrogens with zero attached hydrogens (tertiary/aromatic N) is 1. The van der Waals surface area contributed by atoms with E-state index in [9.17, 15) is 26.4 Å². The zero-order valence-electron chi connectivity index (χ0n) is 10.4. The van der Waals surface area contributed by atoms with Gasteiger partial charge in [-0.2, -0.15) is 13.2 Å². The first-order chi connectivity index (χ1) is 9.33. The van der Waals surface area contributed by atoms with Crippen LogP contribution >= 0.6 is 27.5 Å². The van der Waals surface area contributed by atoms with Crippen LogP contribution in [0.2, 0.25) is 5.02 Å². The minimum Gasteiger partial charge on any atom is -0.333 e. The van der Waals surface area contributed by atoms with Crippen LogP contribution in [0.25, 0.3) is 0 Å². The Balaban J connectivity index is 3.28. The van der Waals surface area contributed by atoms with Crippen molar-refractivity contribution < 1.29 is 26.4 Å². The molecule has 21 heavy (non-hydrogen) atoms. The highest BCUT2D eigenvalue weighted by Gasteiger charge is 2.32. The van der Waals surface area contributed by atoms with Gasteiger partial charge in [0, 0.05) is 11.5 Å². The number of carbonyl (C=O) groups is 1. The van der Waals surface area contributed by atoms with E-state index in [1.807, 2.05) is 0 Å². The molecule has 118 valence electrons. The summed E-state index contributed by atoms with van der Waals surface area (Å²) in [7, 11) is -3.24.